The molecule has 1 aliphatic heterocycles. The number of alkyl halides is 3. The second-order valence-electron chi connectivity index (χ2n) is 5.36. The summed E-state index contributed by atoms with van der Waals surface area (Å²) in [5.41, 5.74) is 2.48. The predicted molar refractivity (Wildman–Crippen MR) is 75.7 cm³/mol. The Morgan fingerprint density at radius 3 is 2.67 bits per heavy atom. The molecule has 1 amide bonds. The molecule has 0 aromatic carbocycles. The van der Waals surface area contributed by atoms with Gasteiger partial charge < -0.3 is 4.90 Å². The molecule has 0 radical (unpaired) electrons. The van der Waals surface area contributed by atoms with Crippen molar-refractivity contribution >= 4 is 18.8 Å². The van der Waals surface area contributed by atoms with Crippen molar-refractivity contribution in [2.24, 2.45) is 11.8 Å². The summed E-state index contributed by atoms with van der Waals surface area (Å²) in [6.45, 7) is 0.450. The first-order valence-electron chi connectivity index (χ1n) is 6.58. The SMILES string of the molecule is Cl.O=CN1C=C2C=C(C3C=CCCC3C(F)(F)F)C=C2C1. The quantitative estimate of drug-likeness (QED) is 0.561. The Balaban J connectivity index is 0.00000161. The summed E-state index contributed by atoms with van der Waals surface area (Å²) in [7, 11) is 0. The molecule has 2 atom stereocenters. The molecule has 0 saturated heterocycles. The highest BCUT2D eigenvalue weighted by Gasteiger charge is 2.45. The van der Waals surface area contributed by atoms with Gasteiger partial charge in [0.25, 0.3) is 0 Å². The van der Waals surface area contributed by atoms with Crippen molar-refractivity contribution in [3.05, 3.63) is 47.2 Å². The van der Waals surface area contributed by atoms with Gasteiger partial charge in [0.2, 0.25) is 6.41 Å². The zero-order chi connectivity index (χ0) is 14.3. The van der Waals surface area contributed by atoms with Gasteiger partial charge in [-0.25, -0.2) is 0 Å². The highest BCUT2D eigenvalue weighted by atomic mass is 35.5. The number of fused-ring (bicyclic) bond motifs is 1. The van der Waals surface area contributed by atoms with Gasteiger partial charge in [-0.15, -0.1) is 12.4 Å². The molecular weight excluding hydrogens is 303 g/mol. The van der Waals surface area contributed by atoms with E-state index in [-0.39, 0.29) is 18.8 Å². The highest BCUT2D eigenvalue weighted by molar-refractivity contribution is 5.85. The molecule has 114 valence electrons. The molecule has 0 fully saturated rings. The van der Waals surface area contributed by atoms with Gasteiger partial charge in [0.1, 0.15) is 0 Å². The first-order chi connectivity index (χ1) is 9.49. The third kappa shape index (κ3) is 2.93. The Labute approximate surface area is 127 Å². The van der Waals surface area contributed by atoms with Crippen LogP contribution < -0.4 is 0 Å². The van der Waals surface area contributed by atoms with E-state index in [1.807, 2.05) is 6.08 Å². The van der Waals surface area contributed by atoms with Crippen LogP contribution in [-0.4, -0.2) is 24.0 Å². The summed E-state index contributed by atoms with van der Waals surface area (Å²) < 4.78 is 39.3. The van der Waals surface area contributed by atoms with Gasteiger partial charge in [0.05, 0.1) is 12.5 Å². The monoisotopic (exact) mass is 317 g/mol. The maximum Gasteiger partial charge on any atom is 0.392 e. The Bertz CT molecular complexity index is 560. The van der Waals surface area contributed by atoms with E-state index in [9.17, 15) is 18.0 Å². The molecule has 0 saturated carbocycles. The van der Waals surface area contributed by atoms with Crippen LogP contribution in [0.15, 0.2) is 47.2 Å². The molecule has 3 aliphatic rings. The largest absolute Gasteiger partial charge is 0.392 e. The maximum atomic E-state index is 13.1. The van der Waals surface area contributed by atoms with Crippen LogP contribution in [0.25, 0.3) is 0 Å². The first-order valence-corrected chi connectivity index (χ1v) is 6.58. The molecule has 2 aliphatic carbocycles. The van der Waals surface area contributed by atoms with Gasteiger partial charge in [0.15, 0.2) is 0 Å². The molecule has 21 heavy (non-hydrogen) atoms. The lowest BCUT2D eigenvalue weighted by Gasteiger charge is -2.30. The summed E-state index contributed by atoms with van der Waals surface area (Å²) in [5.74, 6) is -1.91. The number of carbonyl (C=O) groups excluding carboxylic acids is 1. The molecule has 0 N–H and O–H groups in total. The zero-order valence-electron chi connectivity index (χ0n) is 11.1. The number of rotatable bonds is 2. The van der Waals surface area contributed by atoms with E-state index in [4.69, 9.17) is 0 Å². The molecule has 2 unspecified atom stereocenters. The summed E-state index contributed by atoms with van der Waals surface area (Å²) in [4.78, 5) is 12.2. The van der Waals surface area contributed by atoms with Crippen LogP contribution in [-0.2, 0) is 4.79 Å². The number of hydrogen-bond acceptors (Lipinski definition) is 1. The third-order valence-electron chi connectivity index (χ3n) is 4.05. The summed E-state index contributed by atoms with van der Waals surface area (Å²) in [5, 5.41) is 0. The maximum absolute atomic E-state index is 13.1. The fourth-order valence-electron chi connectivity index (χ4n) is 3.08. The molecule has 0 aromatic rings. The second kappa shape index (κ2) is 5.72. The van der Waals surface area contributed by atoms with E-state index in [1.165, 1.54) is 4.90 Å². The van der Waals surface area contributed by atoms with Crippen molar-refractivity contribution in [3.8, 4) is 0 Å². The van der Waals surface area contributed by atoms with Gasteiger partial charge in [-0.05, 0) is 35.6 Å². The zero-order valence-corrected chi connectivity index (χ0v) is 12.0. The van der Waals surface area contributed by atoms with Crippen molar-refractivity contribution in [3.63, 3.8) is 0 Å². The minimum absolute atomic E-state index is 0. The Kier molecular flexibility index (Phi) is 4.33. The van der Waals surface area contributed by atoms with E-state index in [2.05, 4.69) is 0 Å². The highest BCUT2D eigenvalue weighted by Crippen LogP contribution is 2.44. The first kappa shape index (κ1) is 15.9. The van der Waals surface area contributed by atoms with Gasteiger partial charge in [0, 0.05) is 12.1 Å². The third-order valence-corrected chi connectivity index (χ3v) is 4.05. The van der Waals surface area contributed by atoms with Gasteiger partial charge >= 0.3 is 6.18 Å². The lowest BCUT2D eigenvalue weighted by Crippen LogP contribution is -2.31. The number of allylic oxidation sites excluding steroid dienone is 5. The van der Waals surface area contributed by atoms with Crippen molar-refractivity contribution < 1.29 is 18.0 Å². The fourth-order valence-corrected chi connectivity index (χ4v) is 3.08. The van der Waals surface area contributed by atoms with Gasteiger partial charge in [-0.1, -0.05) is 18.2 Å². The average Bonchev–Trinajstić information content (AvgIpc) is 2.95. The summed E-state index contributed by atoms with van der Waals surface area (Å²) in [6.07, 6.45) is 5.93. The van der Waals surface area contributed by atoms with E-state index in [0.717, 1.165) is 17.6 Å². The molecule has 2 nitrogen and oxygen atoms in total. The van der Waals surface area contributed by atoms with Crippen molar-refractivity contribution in [1.29, 1.82) is 0 Å². The van der Waals surface area contributed by atoms with Crippen LogP contribution in [0, 0.1) is 11.8 Å². The summed E-state index contributed by atoms with van der Waals surface area (Å²) >= 11 is 0. The number of carbonyl (C=O) groups is 1. The van der Waals surface area contributed by atoms with Crippen molar-refractivity contribution in [1.82, 2.24) is 4.90 Å². The van der Waals surface area contributed by atoms with E-state index in [0.29, 0.717) is 18.5 Å². The minimum atomic E-state index is -4.17. The fraction of sp³-hybridized carbons (Fsp3) is 0.400. The van der Waals surface area contributed by atoms with E-state index >= 15 is 0 Å². The predicted octanol–water partition coefficient (Wildman–Crippen LogP) is 3.78. The molecule has 0 spiro atoms. The van der Waals surface area contributed by atoms with Crippen LogP contribution in [0.1, 0.15) is 12.8 Å². The molecule has 3 rings (SSSR count). The van der Waals surface area contributed by atoms with Crippen LogP contribution >= 0.6 is 12.4 Å². The standard InChI is InChI=1S/C15H14F3NO.ClH/c16-15(17,18)14-4-2-1-3-13(14)10-5-11-7-19(9-20)8-12(11)6-10;/h1,3,5-7,9,13-14H,2,4,8H2;1H. The van der Waals surface area contributed by atoms with Gasteiger partial charge in [-0.2, -0.15) is 13.2 Å². The molecule has 0 aromatic heterocycles. The molecule has 0 bridgehead atoms. The van der Waals surface area contributed by atoms with Gasteiger partial charge in [-0.3, -0.25) is 4.79 Å². The number of hydrogen-bond donors (Lipinski definition) is 0. The van der Waals surface area contributed by atoms with Crippen LogP contribution in [0.5, 0.6) is 0 Å². The molecule has 1 heterocycles. The van der Waals surface area contributed by atoms with E-state index in [1.54, 1.807) is 24.4 Å². The molecular formula is C15H15ClF3NO. The molecule has 6 heteroatoms. The summed E-state index contributed by atoms with van der Waals surface area (Å²) in [6, 6.07) is 0. The van der Waals surface area contributed by atoms with Crippen LogP contribution in [0.3, 0.4) is 0 Å². The number of nitrogens with zero attached hydrogens (tertiary/aromatic N) is 1. The number of amides is 1. The minimum Gasteiger partial charge on any atom is -0.317 e. The lowest BCUT2D eigenvalue weighted by atomic mass is 9.79. The Hall–Kier alpha value is -1.49. The Morgan fingerprint density at radius 2 is 2.05 bits per heavy atom. The topological polar surface area (TPSA) is 20.3 Å². The smallest absolute Gasteiger partial charge is 0.317 e. The lowest BCUT2D eigenvalue weighted by molar-refractivity contribution is -0.184. The Morgan fingerprint density at radius 1 is 1.29 bits per heavy atom. The normalized spacial score (nSPS) is 27.6. The van der Waals surface area contributed by atoms with Crippen molar-refractivity contribution in [2.45, 2.75) is 19.0 Å². The van der Waals surface area contributed by atoms with Crippen LogP contribution in [0.4, 0.5) is 13.2 Å². The second-order valence-corrected chi connectivity index (χ2v) is 5.36. The average molecular weight is 318 g/mol. The van der Waals surface area contributed by atoms with E-state index < -0.39 is 18.0 Å². The van der Waals surface area contributed by atoms with Crippen LogP contribution in [0.2, 0.25) is 0 Å². The number of halogens is 4. The van der Waals surface area contributed by atoms with Crippen molar-refractivity contribution in [2.75, 3.05) is 6.54 Å².